The van der Waals surface area contributed by atoms with Crippen molar-refractivity contribution in [1.82, 2.24) is 9.97 Å². The first kappa shape index (κ1) is 16.6. The largest absolute Gasteiger partial charge is 0.462 e. The van der Waals surface area contributed by atoms with E-state index in [1.807, 2.05) is 26.8 Å². The van der Waals surface area contributed by atoms with Gasteiger partial charge in [-0.05, 0) is 18.2 Å². The minimum Gasteiger partial charge on any atom is -0.462 e. The van der Waals surface area contributed by atoms with Crippen molar-refractivity contribution in [3.8, 4) is 10.8 Å². The lowest BCUT2D eigenvalue weighted by molar-refractivity contribution is -0.119. The molecular weight excluding hydrogens is 344 g/mol. The summed E-state index contributed by atoms with van der Waals surface area (Å²) in [6.07, 6.45) is 6.56. The van der Waals surface area contributed by atoms with Crippen LogP contribution in [0.5, 0.6) is 0 Å². The quantitative estimate of drug-likeness (QED) is 0.778. The van der Waals surface area contributed by atoms with E-state index in [0.29, 0.717) is 15.0 Å². The van der Waals surface area contributed by atoms with Crippen molar-refractivity contribution >= 4 is 40.6 Å². The van der Waals surface area contributed by atoms with Gasteiger partial charge in [-0.3, -0.25) is 9.59 Å². The molecule has 0 aromatic carbocycles. The Bertz CT molecular complexity index is 1030. The van der Waals surface area contributed by atoms with Gasteiger partial charge in [0.05, 0.1) is 15.5 Å². The van der Waals surface area contributed by atoms with Gasteiger partial charge in [0.15, 0.2) is 16.6 Å². The van der Waals surface area contributed by atoms with Gasteiger partial charge < -0.3 is 9.40 Å². The summed E-state index contributed by atoms with van der Waals surface area (Å²) >= 11 is 2.70. The first-order valence-electron chi connectivity index (χ1n) is 7.30. The number of carbonyl (C=O) groups is 1. The van der Waals surface area contributed by atoms with Crippen LogP contribution in [0, 0.1) is 5.41 Å². The summed E-state index contributed by atoms with van der Waals surface area (Å²) in [5.74, 6) is 0.675. The summed E-state index contributed by atoms with van der Waals surface area (Å²) in [6.45, 7) is 5.54. The molecule has 3 rings (SSSR count). The third kappa shape index (κ3) is 3.63. The molecule has 3 aromatic rings. The number of hydrogen-bond donors (Lipinski definition) is 1. The molecule has 3 heterocycles. The van der Waals surface area contributed by atoms with Gasteiger partial charge in [0.25, 0.3) is 5.56 Å². The Morgan fingerprint density at radius 1 is 1.33 bits per heavy atom. The van der Waals surface area contributed by atoms with E-state index in [2.05, 4.69) is 9.97 Å². The maximum absolute atomic E-state index is 12.1. The number of nitrogens with one attached hydrogen (secondary N) is 1. The Balaban J connectivity index is 1.96. The normalized spacial score (nSPS) is 13.6. The van der Waals surface area contributed by atoms with Crippen LogP contribution in [0.4, 0.5) is 0 Å². The molecule has 0 atom stereocenters. The number of rotatable bonds is 3. The highest BCUT2D eigenvalue weighted by Gasteiger charge is 2.18. The molecule has 0 aliphatic carbocycles. The lowest BCUT2D eigenvalue weighted by Crippen LogP contribution is -2.21. The molecule has 3 aromatic heterocycles. The van der Waals surface area contributed by atoms with Crippen LogP contribution < -0.4 is 14.8 Å². The molecule has 0 aliphatic rings. The van der Waals surface area contributed by atoms with E-state index >= 15 is 0 Å². The Labute approximate surface area is 146 Å². The molecule has 124 valence electrons. The zero-order valence-electron chi connectivity index (χ0n) is 13.5. The number of hydrogen-bond acceptors (Lipinski definition) is 6. The lowest BCUT2D eigenvalue weighted by Gasteiger charge is -2.12. The number of Topliss-reactive ketones (excluding diaryl/α,β-unsaturated/α-hetero) is 1. The number of ketones is 1. The Morgan fingerprint density at radius 2 is 2.12 bits per heavy atom. The zero-order chi connectivity index (χ0) is 17.3. The summed E-state index contributed by atoms with van der Waals surface area (Å²) in [5, 5.41) is 0.758. The highest BCUT2D eigenvalue weighted by atomic mass is 32.1. The molecule has 0 unspecified atom stereocenters. The van der Waals surface area contributed by atoms with E-state index < -0.39 is 5.41 Å². The standard InChI is InChI=1S/C17H16N2O3S2/c1-17(2,3)13(20)8-14-19-15(21)12(24-14)7-10-9-18-16(23-10)11-5-4-6-22-11/h4-9H,1-3H3,(H,19,21)/b12-7-,14-8-. The third-order valence-corrected chi connectivity index (χ3v) is 5.13. The first-order valence-corrected chi connectivity index (χ1v) is 8.93. The predicted molar refractivity (Wildman–Crippen MR) is 96.5 cm³/mol. The van der Waals surface area contributed by atoms with Crippen LogP contribution in [0.2, 0.25) is 0 Å². The fourth-order valence-electron chi connectivity index (χ4n) is 1.86. The monoisotopic (exact) mass is 360 g/mol. The molecule has 0 saturated carbocycles. The zero-order valence-corrected chi connectivity index (χ0v) is 15.1. The van der Waals surface area contributed by atoms with E-state index in [1.165, 1.54) is 28.7 Å². The van der Waals surface area contributed by atoms with E-state index in [9.17, 15) is 9.59 Å². The second-order valence-electron chi connectivity index (χ2n) is 6.23. The number of thiazole rings is 2. The molecule has 7 heteroatoms. The minimum absolute atomic E-state index is 0.0237. The smallest absolute Gasteiger partial charge is 0.266 e. The van der Waals surface area contributed by atoms with Crippen LogP contribution in [-0.4, -0.2) is 15.8 Å². The summed E-state index contributed by atoms with van der Waals surface area (Å²) < 4.78 is 6.41. The van der Waals surface area contributed by atoms with Gasteiger partial charge in [0.1, 0.15) is 0 Å². The molecule has 5 nitrogen and oxygen atoms in total. The van der Waals surface area contributed by atoms with Crippen LogP contribution in [0.3, 0.4) is 0 Å². The SMILES string of the molecule is CC(C)(C)C(=O)/C=c1/[nH]c(=O)/c(=C/c2cnc(-c3ccco3)s2)s1. The Morgan fingerprint density at radius 3 is 2.79 bits per heavy atom. The topological polar surface area (TPSA) is 76.0 Å². The van der Waals surface area contributed by atoms with Gasteiger partial charge >= 0.3 is 0 Å². The van der Waals surface area contributed by atoms with Gasteiger partial charge in [-0.2, -0.15) is 0 Å². The van der Waals surface area contributed by atoms with Crippen molar-refractivity contribution in [2.45, 2.75) is 20.8 Å². The summed E-state index contributed by atoms with van der Waals surface area (Å²) in [5.41, 5.74) is -0.679. The fourth-order valence-corrected chi connectivity index (χ4v) is 3.64. The number of aromatic amines is 1. The molecule has 1 N–H and O–H groups in total. The Hall–Kier alpha value is -2.25. The summed E-state index contributed by atoms with van der Waals surface area (Å²) in [4.78, 5) is 32.0. The minimum atomic E-state index is -0.472. The number of carbonyl (C=O) groups excluding carboxylic acids is 1. The molecule has 0 aliphatic heterocycles. The lowest BCUT2D eigenvalue weighted by atomic mass is 9.91. The van der Waals surface area contributed by atoms with E-state index in [-0.39, 0.29) is 11.3 Å². The number of aromatic nitrogens is 2. The maximum atomic E-state index is 12.1. The molecular formula is C17H16N2O3S2. The van der Waals surface area contributed by atoms with Gasteiger partial charge in [0, 0.05) is 22.6 Å². The summed E-state index contributed by atoms with van der Waals surface area (Å²) in [6, 6.07) is 3.64. The third-order valence-electron chi connectivity index (χ3n) is 3.21. The van der Waals surface area contributed by atoms with E-state index in [1.54, 1.807) is 24.6 Å². The van der Waals surface area contributed by atoms with Crippen molar-refractivity contribution < 1.29 is 9.21 Å². The molecule has 0 amide bonds. The van der Waals surface area contributed by atoms with Crippen molar-refractivity contribution in [3.63, 3.8) is 0 Å². The number of furan rings is 1. The highest BCUT2D eigenvalue weighted by Crippen LogP contribution is 2.25. The van der Waals surface area contributed by atoms with Gasteiger partial charge in [-0.15, -0.1) is 22.7 Å². The molecule has 0 saturated heterocycles. The van der Waals surface area contributed by atoms with Crippen LogP contribution in [0.15, 0.2) is 33.8 Å². The molecule has 0 radical (unpaired) electrons. The van der Waals surface area contributed by atoms with Crippen molar-refractivity contribution in [2.24, 2.45) is 5.41 Å². The predicted octanol–water partition coefficient (Wildman–Crippen LogP) is 2.38. The van der Waals surface area contributed by atoms with Crippen molar-refractivity contribution in [1.29, 1.82) is 0 Å². The van der Waals surface area contributed by atoms with Crippen LogP contribution in [0.25, 0.3) is 22.9 Å². The first-order chi connectivity index (χ1) is 11.3. The fraction of sp³-hybridized carbons (Fsp3) is 0.235. The molecule has 0 bridgehead atoms. The second kappa shape index (κ2) is 6.33. The van der Waals surface area contributed by atoms with Gasteiger partial charge in [-0.25, -0.2) is 4.98 Å². The van der Waals surface area contributed by atoms with Gasteiger partial charge in [0.2, 0.25) is 0 Å². The Kier molecular flexibility index (Phi) is 4.38. The maximum Gasteiger partial charge on any atom is 0.266 e. The molecule has 0 spiro atoms. The van der Waals surface area contributed by atoms with Crippen LogP contribution >= 0.6 is 22.7 Å². The van der Waals surface area contributed by atoms with Crippen LogP contribution in [0.1, 0.15) is 25.6 Å². The molecule has 24 heavy (non-hydrogen) atoms. The van der Waals surface area contributed by atoms with Crippen molar-refractivity contribution in [3.05, 3.63) is 49.0 Å². The molecule has 0 fully saturated rings. The van der Waals surface area contributed by atoms with Crippen molar-refractivity contribution in [2.75, 3.05) is 0 Å². The average molecular weight is 360 g/mol. The van der Waals surface area contributed by atoms with Crippen LogP contribution in [-0.2, 0) is 4.79 Å². The summed E-state index contributed by atoms with van der Waals surface area (Å²) in [7, 11) is 0. The van der Waals surface area contributed by atoms with Gasteiger partial charge in [-0.1, -0.05) is 20.8 Å². The average Bonchev–Trinajstić information content (AvgIpc) is 3.20. The van der Waals surface area contributed by atoms with E-state index in [0.717, 1.165) is 9.88 Å². The second-order valence-corrected chi connectivity index (χ2v) is 8.38. The number of nitrogens with zero attached hydrogens (tertiary/aromatic N) is 1. The number of H-pyrrole nitrogens is 1. The highest BCUT2D eigenvalue weighted by molar-refractivity contribution is 7.16. The van der Waals surface area contributed by atoms with E-state index in [4.69, 9.17) is 4.42 Å².